The maximum atomic E-state index is 8.78. The minimum absolute atomic E-state index is 0.310. The summed E-state index contributed by atoms with van der Waals surface area (Å²) in [6.45, 7) is 0.310. The first-order chi connectivity index (χ1) is 5.38. The van der Waals surface area contributed by atoms with Crippen LogP contribution in [0.2, 0.25) is 0 Å². The minimum atomic E-state index is 0.310. The van der Waals surface area contributed by atoms with E-state index < -0.39 is 0 Å². The van der Waals surface area contributed by atoms with Crippen LogP contribution in [0.3, 0.4) is 0 Å². The minimum Gasteiger partial charge on any atom is -0.396 e. The van der Waals surface area contributed by atoms with Crippen molar-refractivity contribution in [3.8, 4) is 0 Å². The van der Waals surface area contributed by atoms with Gasteiger partial charge in [0.15, 0.2) is 0 Å². The molecule has 0 heterocycles. The van der Waals surface area contributed by atoms with Gasteiger partial charge >= 0.3 is 0 Å². The van der Waals surface area contributed by atoms with Crippen LogP contribution < -0.4 is 0 Å². The highest BCUT2D eigenvalue weighted by Crippen LogP contribution is 2.28. The van der Waals surface area contributed by atoms with Crippen molar-refractivity contribution < 1.29 is 9.84 Å². The smallest absolute Gasteiger partial charge is 0.0600 e. The molecule has 2 atom stereocenters. The second kappa shape index (κ2) is 4.73. The van der Waals surface area contributed by atoms with Crippen molar-refractivity contribution >= 4 is 0 Å². The van der Waals surface area contributed by atoms with E-state index in [1.165, 1.54) is 25.7 Å². The number of aliphatic hydroxyl groups is 1. The fourth-order valence-corrected chi connectivity index (χ4v) is 1.98. The molecule has 1 N–H and O–H groups in total. The number of hydrogen-bond acceptors (Lipinski definition) is 2. The number of methoxy groups -OCH3 is 1. The highest BCUT2D eigenvalue weighted by Gasteiger charge is 2.23. The Kier molecular flexibility index (Phi) is 3.87. The van der Waals surface area contributed by atoms with Gasteiger partial charge in [-0.15, -0.1) is 0 Å². The quantitative estimate of drug-likeness (QED) is 0.675. The van der Waals surface area contributed by atoms with E-state index in [-0.39, 0.29) is 0 Å². The average molecular weight is 158 g/mol. The van der Waals surface area contributed by atoms with Crippen molar-refractivity contribution in [2.75, 3.05) is 13.7 Å². The maximum absolute atomic E-state index is 8.78. The van der Waals surface area contributed by atoms with Gasteiger partial charge in [0.2, 0.25) is 0 Å². The van der Waals surface area contributed by atoms with Crippen molar-refractivity contribution in [3.63, 3.8) is 0 Å². The lowest BCUT2D eigenvalue weighted by atomic mass is 9.84. The molecule has 0 aliphatic heterocycles. The number of hydrogen-bond donors (Lipinski definition) is 1. The Morgan fingerprint density at radius 3 is 2.73 bits per heavy atom. The summed E-state index contributed by atoms with van der Waals surface area (Å²) in [6.07, 6.45) is 6.35. The largest absolute Gasteiger partial charge is 0.396 e. The molecule has 11 heavy (non-hydrogen) atoms. The van der Waals surface area contributed by atoms with E-state index in [2.05, 4.69) is 0 Å². The molecule has 1 aliphatic rings. The van der Waals surface area contributed by atoms with E-state index in [1.807, 2.05) is 0 Å². The van der Waals surface area contributed by atoms with Gasteiger partial charge < -0.3 is 9.84 Å². The summed E-state index contributed by atoms with van der Waals surface area (Å²) >= 11 is 0. The molecule has 0 aromatic rings. The van der Waals surface area contributed by atoms with Crippen LogP contribution in [0.4, 0.5) is 0 Å². The highest BCUT2D eigenvalue weighted by atomic mass is 16.5. The van der Waals surface area contributed by atoms with E-state index >= 15 is 0 Å². The molecule has 1 aliphatic carbocycles. The SMILES string of the molecule is CO[C@@H]1CCCC[C@H]1CCO. The molecule has 1 rings (SSSR count). The molecule has 66 valence electrons. The molecular formula is C9H18O2. The van der Waals surface area contributed by atoms with Crippen LogP contribution in [0.25, 0.3) is 0 Å². The standard InChI is InChI=1S/C9H18O2/c1-11-9-5-3-2-4-8(9)6-7-10/h8-10H,2-7H2,1H3/t8-,9+/m0/s1. The zero-order valence-electron chi connectivity index (χ0n) is 7.25. The van der Waals surface area contributed by atoms with Gasteiger partial charge in [-0.05, 0) is 25.2 Å². The predicted molar refractivity (Wildman–Crippen MR) is 44.5 cm³/mol. The Hall–Kier alpha value is -0.0800. The van der Waals surface area contributed by atoms with Gasteiger partial charge in [-0.1, -0.05) is 12.8 Å². The fourth-order valence-electron chi connectivity index (χ4n) is 1.98. The third kappa shape index (κ3) is 2.46. The van der Waals surface area contributed by atoms with Crippen molar-refractivity contribution in [1.29, 1.82) is 0 Å². The van der Waals surface area contributed by atoms with Crippen LogP contribution in [-0.4, -0.2) is 24.9 Å². The normalized spacial score (nSPS) is 32.2. The summed E-state index contributed by atoms with van der Waals surface area (Å²) in [5.74, 6) is 0.610. The highest BCUT2D eigenvalue weighted by molar-refractivity contribution is 4.75. The third-order valence-corrected chi connectivity index (χ3v) is 2.64. The van der Waals surface area contributed by atoms with Crippen LogP contribution in [0.15, 0.2) is 0 Å². The van der Waals surface area contributed by atoms with Crippen LogP contribution >= 0.6 is 0 Å². The van der Waals surface area contributed by atoms with Crippen LogP contribution in [-0.2, 0) is 4.74 Å². The molecule has 0 aromatic carbocycles. The first kappa shape index (κ1) is 9.01. The predicted octanol–water partition coefficient (Wildman–Crippen LogP) is 1.57. The summed E-state index contributed by atoms with van der Waals surface area (Å²) in [4.78, 5) is 0. The zero-order chi connectivity index (χ0) is 8.10. The van der Waals surface area contributed by atoms with Gasteiger partial charge in [0.25, 0.3) is 0 Å². The first-order valence-electron chi connectivity index (χ1n) is 4.52. The molecule has 1 saturated carbocycles. The number of ether oxygens (including phenoxy) is 1. The van der Waals surface area contributed by atoms with Gasteiger partial charge in [0, 0.05) is 13.7 Å². The van der Waals surface area contributed by atoms with Gasteiger partial charge in [-0.2, -0.15) is 0 Å². The van der Waals surface area contributed by atoms with E-state index in [1.54, 1.807) is 7.11 Å². The maximum Gasteiger partial charge on any atom is 0.0600 e. The van der Waals surface area contributed by atoms with Gasteiger partial charge in [0.1, 0.15) is 0 Å². The Morgan fingerprint density at radius 1 is 1.36 bits per heavy atom. The van der Waals surface area contributed by atoms with Crippen molar-refractivity contribution in [2.45, 2.75) is 38.2 Å². The molecule has 0 saturated heterocycles. The molecular weight excluding hydrogens is 140 g/mol. The molecule has 2 heteroatoms. The van der Waals surface area contributed by atoms with Crippen LogP contribution in [0, 0.1) is 5.92 Å². The molecule has 1 fully saturated rings. The lowest BCUT2D eigenvalue weighted by molar-refractivity contribution is 0.0141. The topological polar surface area (TPSA) is 29.5 Å². The van der Waals surface area contributed by atoms with Crippen molar-refractivity contribution in [3.05, 3.63) is 0 Å². The fraction of sp³-hybridized carbons (Fsp3) is 1.00. The zero-order valence-corrected chi connectivity index (χ0v) is 7.25. The molecule has 0 bridgehead atoms. The molecule has 0 aromatic heterocycles. The third-order valence-electron chi connectivity index (χ3n) is 2.64. The van der Waals surface area contributed by atoms with Gasteiger partial charge in [-0.3, -0.25) is 0 Å². The van der Waals surface area contributed by atoms with Crippen LogP contribution in [0.5, 0.6) is 0 Å². The van der Waals surface area contributed by atoms with Gasteiger partial charge in [0.05, 0.1) is 6.10 Å². The van der Waals surface area contributed by atoms with E-state index in [0.29, 0.717) is 18.6 Å². The van der Waals surface area contributed by atoms with Crippen LogP contribution in [0.1, 0.15) is 32.1 Å². The number of rotatable bonds is 3. The number of aliphatic hydroxyl groups excluding tert-OH is 1. The molecule has 0 radical (unpaired) electrons. The summed E-state index contributed by atoms with van der Waals surface area (Å²) < 4.78 is 5.35. The Bertz CT molecular complexity index is 102. The molecule has 0 amide bonds. The Balaban J connectivity index is 2.31. The van der Waals surface area contributed by atoms with E-state index in [4.69, 9.17) is 9.84 Å². The Morgan fingerprint density at radius 2 is 2.09 bits per heavy atom. The van der Waals surface area contributed by atoms with Crippen molar-refractivity contribution in [1.82, 2.24) is 0 Å². The molecule has 0 spiro atoms. The first-order valence-corrected chi connectivity index (χ1v) is 4.52. The lowest BCUT2D eigenvalue weighted by Crippen LogP contribution is -2.27. The van der Waals surface area contributed by atoms with E-state index in [0.717, 1.165) is 6.42 Å². The molecule has 2 nitrogen and oxygen atoms in total. The second-order valence-electron chi connectivity index (χ2n) is 3.33. The Labute approximate surface area is 68.6 Å². The van der Waals surface area contributed by atoms with E-state index in [9.17, 15) is 0 Å². The lowest BCUT2D eigenvalue weighted by Gasteiger charge is -2.29. The summed E-state index contributed by atoms with van der Waals surface area (Å²) in [6, 6.07) is 0. The second-order valence-corrected chi connectivity index (χ2v) is 3.33. The van der Waals surface area contributed by atoms with Crippen molar-refractivity contribution in [2.24, 2.45) is 5.92 Å². The summed E-state index contributed by atoms with van der Waals surface area (Å²) in [5.41, 5.74) is 0. The average Bonchev–Trinajstić information content (AvgIpc) is 2.06. The van der Waals surface area contributed by atoms with Gasteiger partial charge in [-0.25, -0.2) is 0 Å². The summed E-state index contributed by atoms with van der Waals surface area (Å²) in [5, 5.41) is 8.78. The molecule has 0 unspecified atom stereocenters. The monoisotopic (exact) mass is 158 g/mol. The summed E-state index contributed by atoms with van der Waals surface area (Å²) in [7, 11) is 1.78.